The Morgan fingerprint density at radius 2 is 1.93 bits per heavy atom. The highest BCUT2D eigenvalue weighted by Gasteiger charge is 2.53. The number of alkyl halides is 1. The van der Waals surface area contributed by atoms with Crippen LogP contribution < -0.4 is 0 Å². The summed E-state index contributed by atoms with van der Waals surface area (Å²) in [5.74, 6) is -0.749. The Labute approximate surface area is 182 Å². The fourth-order valence-corrected chi connectivity index (χ4v) is 5.28. The molecule has 6 heteroatoms. The third kappa shape index (κ3) is 6.89. The van der Waals surface area contributed by atoms with Crippen LogP contribution >= 0.6 is 0 Å². The molecule has 2 fully saturated rings. The number of esters is 1. The molecule has 1 aliphatic heterocycles. The topological polar surface area (TPSA) is 65.0 Å². The van der Waals surface area contributed by atoms with E-state index in [9.17, 15) is 9.90 Å². The van der Waals surface area contributed by atoms with E-state index in [1.165, 1.54) is 0 Å². The van der Waals surface area contributed by atoms with E-state index in [4.69, 9.17) is 14.2 Å². The van der Waals surface area contributed by atoms with Crippen LogP contribution in [-0.2, 0) is 19.0 Å². The molecule has 0 bridgehead atoms. The van der Waals surface area contributed by atoms with Gasteiger partial charge in [-0.2, -0.15) is 0 Å². The van der Waals surface area contributed by atoms with Crippen molar-refractivity contribution in [2.45, 2.75) is 122 Å². The SMILES string of the molecule is CCCCC(F)C1(OCC)CCC2[C@@H](CCCCCCC(=O)OCC)[C@@H](O)C[C@H]2O1. The van der Waals surface area contributed by atoms with Gasteiger partial charge < -0.3 is 19.3 Å². The van der Waals surface area contributed by atoms with Crippen LogP contribution in [0.5, 0.6) is 0 Å². The van der Waals surface area contributed by atoms with Crippen molar-refractivity contribution in [2.75, 3.05) is 13.2 Å². The molecule has 1 aliphatic carbocycles. The average molecular weight is 431 g/mol. The molecule has 5 nitrogen and oxygen atoms in total. The Bertz CT molecular complexity index is 502. The van der Waals surface area contributed by atoms with Crippen molar-refractivity contribution in [2.24, 2.45) is 11.8 Å². The Morgan fingerprint density at radius 1 is 1.17 bits per heavy atom. The first-order valence-corrected chi connectivity index (χ1v) is 12.3. The highest BCUT2D eigenvalue weighted by molar-refractivity contribution is 5.69. The molecular formula is C24H43FO5. The van der Waals surface area contributed by atoms with Gasteiger partial charge in [0, 0.05) is 25.9 Å². The summed E-state index contributed by atoms with van der Waals surface area (Å²) >= 11 is 0. The van der Waals surface area contributed by atoms with Crippen LogP contribution in [0.15, 0.2) is 0 Å². The monoisotopic (exact) mass is 430 g/mol. The van der Waals surface area contributed by atoms with Crippen LogP contribution in [0.2, 0.25) is 0 Å². The van der Waals surface area contributed by atoms with E-state index in [-0.39, 0.29) is 30.0 Å². The quantitative estimate of drug-likeness (QED) is 0.298. The first kappa shape index (κ1) is 25.5. The zero-order valence-corrected chi connectivity index (χ0v) is 19.2. The molecule has 2 aliphatic rings. The van der Waals surface area contributed by atoms with E-state index >= 15 is 4.39 Å². The van der Waals surface area contributed by atoms with Crippen molar-refractivity contribution in [3.8, 4) is 0 Å². The number of halogens is 1. The molecule has 1 N–H and O–H groups in total. The molecule has 0 aromatic heterocycles. The van der Waals surface area contributed by atoms with Crippen molar-refractivity contribution in [1.82, 2.24) is 0 Å². The summed E-state index contributed by atoms with van der Waals surface area (Å²) in [6.45, 7) is 6.64. The van der Waals surface area contributed by atoms with Crippen LogP contribution in [0.25, 0.3) is 0 Å². The molecule has 0 amide bonds. The van der Waals surface area contributed by atoms with Gasteiger partial charge in [0.25, 0.3) is 0 Å². The molecule has 6 atom stereocenters. The number of hydrogen-bond donors (Lipinski definition) is 1. The van der Waals surface area contributed by atoms with Gasteiger partial charge in [-0.05, 0) is 51.4 Å². The number of fused-ring (bicyclic) bond motifs is 1. The second-order valence-electron chi connectivity index (χ2n) is 8.94. The summed E-state index contributed by atoms with van der Waals surface area (Å²) in [5.41, 5.74) is 0. The van der Waals surface area contributed by atoms with E-state index in [2.05, 4.69) is 6.92 Å². The maximum absolute atomic E-state index is 15.1. The largest absolute Gasteiger partial charge is 0.466 e. The maximum Gasteiger partial charge on any atom is 0.305 e. The molecular weight excluding hydrogens is 387 g/mol. The highest BCUT2D eigenvalue weighted by Crippen LogP contribution is 2.48. The standard InChI is InChI=1S/C24H43FO5/c1-4-7-13-22(25)24(29-6-3)16-15-19-18(20(26)17-21(19)30-24)12-10-8-9-11-14-23(27)28-5-2/h18-22,26H,4-17H2,1-3H3/t18-,19?,20+,21-,22?,24?/m1/s1. The minimum absolute atomic E-state index is 0.117. The average Bonchev–Trinajstić information content (AvgIpc) is 3.03. The summed E-state index contributed by atoms with van der Waals surface area (Å²) in [4.78, 5) is 11.4. The van der Waals surface area contributed by atoms with E-state index in [1.807, 2.05) is 13.8 Å². The maximum atomic E-state index is 15.1. The first-order valence-electron chi connectivity index (χ1n) is 12.3. The van der Waals surface area contributed by atoms with Gasteiger partial charge in [-0.1, -0.05) is 39.0 Å². The number of ether oxygens (including phenoxy) is 3. The van der Waals surface area contributed by atoms with Gasteiger partial charge >= 0.3 is 5.97 Å². The first-order chi connectivity index (χ1) is 14.5. The molecule has 176 valence electrons. The predicted octanol–water partition coefficient (Wildman–Crippen LogP) is 5.33. The lowest BCUT2D eigenvalue weighted by molar-refractivity contribution is -0.314. The lowest BCUT2D eigenvalue weighted by atomic mass is 9.81. The number of carbonyl (C=O) groups excluding carboxylic acids is 1. The molecule has 0 aromatic carbocycles. The molecule has 30 heavy (non-hydrogen) atoms. The minimum atomic E-state index is -1.13. The molecule has 3 unspecified atom stereocenters. The third-order valence-corrected chi connectivity index (χ3v) is 6.82. The summed E-state index contributed by atoms with van der Waals surface area (Å²) < 4.78 is 32.1. The molecule has 0 spiro atoms. The van der Waals surface area contributed by atoms with Crippen LogP contribution in [0.4, 0.5) is 4.39 Å². The predicted molar refractivity (Wildman–Crippen MR) is 115 cm³/mol. The van der Waals surface area contributed by atoms with Crippen LogP contribution in [0, 0.1) is 11.8 Å². The molecule has 1 heterocycles. The Hall–Kier alpha value is -0.720. The number of carbonyl (C=O) groups is 1. The number of aliphatic hydroxyl groups is 1. The summed E-state index contributed by atoms with van der Waals surface area (Å²) in [6, 6.07) is 0. The minimum Gasteiger partial charge on any atom is -0.466 e. The Kier molecular flexibility index (Phi) is 11.0. The zero-order chi connectivity index (χ0) is 22.0. The number of unbranched alkanes of at least 4 members (excludes halogenated alkanes) is 4. The van der Waals surface area contributed by atoms with Crippen molar-refractivity contribution in [3.05, 3.63) is 0 Å². The zero-order valence-electron chi connectivity index (χ0n) is 19.2. The molecule has 2 rings (SSSR count). The molecule has 0 radical (unpaired) electrons. The second-order valence-corrected chi connectivity index (χ2v) is 8.94. The van der Waals surface area contributed by atoms with Crippen LogP contribution in [0.1, 0.15) is 97.8 Å². The molecule has 1 saturated heterocycles. The van der Waals surface area contributed by atoms with Gasteiger partial charge in [-0.25, -0.2) is 4.39 Å². The van der Waals surface area contributed by atoms with E-state index in [0.29, 0.717) is 38.9 Å². The Morgan fingerprint density at radius 3 is 2.63 bits per heavy atom. The lowest BCUT2D eigenvalue weighted by Gasteiger charge is -2.45. The van der Waals surface area contributed by atoms with Crippen LogP contribution in [0.3, 0.4) is 0 Å². The van der Waals surface area contributed by atoms with E-state index in [1.54, 1.807) is 0 Å². The van der Waals surface area contributed by atoms with Crippen molar-refractivity contribution in [1.29, 1.82) is 0 Å². The van der Waals surface area contributed by atoms with Crippen molar-refractivity contribution in [3.63, 3.8) is 0 Å². The highest BCUT2D eigenvalue weighted by atomic mass is 19.1. The van der Waals surface area contributed by atoms with Gasteiger partial charge in [0.15, 0.2) is 12.0 Å². The summed E-state index contributed by atoms with van der Waals surface area (Å²) in [6.07, 6.45) is 8.01. The van der Waals surface area contributed by atoms with Gasteiger partial charge in [0.05, 0.1) is 18.8 Å². The van der Waals surface area contributed by atoms with E-state index in [0.717, 1.165) is 51.4 Å². The number of rotatable bonds is 14. The number of hydrogen-bond acceptors (Lipinski definition) is 5. The van der Waals surface area contributed by atoms with Gasteiger partial charge in [0.2, 0.25) is 0 Å². The summed E-state index contributed by atoms with van der Waals surface area (Å²) in [5, 5.41) is 10.7. The van der Waals surface area contributed by atoms with Gasteiger partial charge in [-0.15, -0.1) is 0 Å². The van der Waals surface area contributed by atoms with Crippen molar-refractivity contribution < 1.29 is 28.5 Å². The van der Waals surface area contributed by atoms with Gasteiger partial charge in [-0.3, -0.25) is 4.79 Å². The number of aliphatic hydroxyl groups excluding tert-OH is 1. The van der Waals surface area contributed by atoms with Crippen LogP contribution in [-0.4, -0.2) is 48.5 Å². The fourth-order valence-electron chi connectivity index (χ4n) is 5.28. The fraction of sp³-hybridized carbons (Fsp3) is 0.958. The van der Waals surface area contributed by atoms with Crippen molar-refractivity contribution >= 4 is 5.97 Å². The summed E-state index contributed by atoms with van der Waals surface area (Å²) in [7, 11) is 0. The Balaban J connectivity index is 1.80. The second kappa shape index (κ2) is 13.0. The molecule has 1 saturated carbocycles. The lowest BCUT2D eigenvalue weighted by Crippen LogP contribution is -2.52. The van der Waals surface area contributed by atoms with Gasteiger partial charge in [0.1, 0.15) is 0 Å². The molecule has 0 aromatic rings. The van der Waals surface area contributed by atoms with E-state index < -0.39 is 12.0 Å². The normalized spacial score (nSPS) is 32.0. The smallest absolute Gasteiger partial charge is 0.305 e. The third-order valence-electron chi connectivity index (χ3n) is 6.82.